The molecule has 2 bridgehead atoms. The molecule has 3 aliphatic carbocycles. The number of carbonyl (C=O) groups excluding carboxylic acids is 1. The van der Waals surface area contributed by atoms with Gasteiger partial charge in [0, 0.05) is 0 Å². The molecule has 0 unspecified atom stereocenters. The molecule has 0 radical (unpaired) electrons. The predicted molar refractivity (Wildman–Crippen MR) is 70.0 cm³/mol. The zero-order valence-electron chi connectivity index (χ0n) is 12.0. The number of aromatic nitrogens is 3. The number of amides is 1. The number of H-pyrrole nitrogens is 1. The lowest BCUT2D eigenvalue weighted by molar-refractivity contribution is -0.227. The van der Waals surface area contributed by atoms with Crippen molar-refractivity contribution in [3.8, 4) is 6.01 Å². The highest BCUT2D eigenvalue weighted by atomic mass is 19.4. The number of rotatable bonds is 3. The highest BCUT2D eigenvalue weighted by Crippen LogP contribution is 2.54. The highest BCUT2D eigenvalue weighted by Gasteiger charge is 2.58. The van der Waals surface area contributed by atoms with Crippen LogP contribution in [0.3, 0.4) is 0 Å². The summed E-state index contributed by atoms with van der Waals surface area (Å²) in [5.41, 5.74) is 0. The molecular formula is C13H17F3N4O2. The molecule has 4 rings (SSSR count). The SMILES string of the molecule is COc1n[nH]c(NC(=O)[C@H]2C3CCC(CC3)[C@@H]2C(F)(F)F)n1. The van der Waals surface area contributed by atoms with E-state index >= 15 is 0 Å². The minimum Gasteiger partial charge on any atom is -0.466 e. The van der Waals surface area contributed by atoms with Gasteiger partial charge in [0.05, 0.1) is 18.9 Å². The Labute approximate surface area is 124 Å². The fourth-order valence-electron chi connectivity index (χ4n) is 3.89. The summed E-state index contributed by atoms with van der Waals surface area (Å²) in [6.07, 6.45) is -1.90. The average Bonchev–Trinajstić information content (AvgIpc) is 2.94. The van der Waals surface area contributed by atoms with Crippen LogP contribution >= 0.6 is 0 Å². The second kappa shape index (κ2) is 5.44. The maximum Gasteiger partial charge on any atom is 0.392 e. The monoisotopic (exact) mass is 318 g/mol. The quantitative estimate of drug-likeness (QED) is 0.896. The summed E-state index contributed by atoms with van der Waals surface area (Å²) in [7, 11) is 1.36. The van der Waals surface area contributed by atoms with Crippen LogP contribution in [-0.2, 0) is 4.79 Å². The number of hydrogen-bond acceptors (Lipinski definition) is 4. The van der Waals surface area contributed by atoms with Crippen molar-refractivity contribution < 1.29 is 22.7 Å². The number of hydrogen-bond donors (Lipinski definition) is 2. The van der Waals surface area contributed by atoms with E-state index < -0.39 is 29.8 Å². The van der Waals surface area contributed by atoms with Crippen molar-refractivity contribution in [2.24, 2.45) is 23.7 Å². The molecule has 1 amide bonds. The van der Waals surface area contributed by atoms with Gasteiger partial charge >= 0.3 is 12.2 Å². The summed E-state index contributed by atoms with van der Waals surface area (Å²) in [6, 6.07) is 0.0211. The number of halogens is 3. The van der Waals surface area contributed by atoms with E-state index in [2.05, 4.69) is 20.5 Å². The topological polar surface area (TPSA) is 79.9 Å². The predicted octanol–water partition coefficient (Wildman–Crippen LogP) is 2.37. The lowest BCUT2D eigenvalue weighted by Gasteiger charge is -2.48. The Bertz CT molecular complexity index is 552. The van der Waals surface area contributed by atoms with Gasteiger partial charge in [0.2, 0.25) is 11.9 Å². The van der Waals surface area contributed by atoms with Gasteiger partial charge in [-0.1, -0.05) is 0 Å². The fraction of sp³-hybridized carbons (Fsp3) is 0.769. The Balaban J connectivity index is 1.79. The van der Waals surface area contributed by atoms with Crippen molar-refractivity contribution in [3.05, 3.63) is 0 Å². The van der Waals surface area contributed by atoms with E-state index in [1.807, 2.05) is 0 Å². The van der Waals surface area contributed by atoms with E-state index in [0.29, 0.717) is 25.7 Å². The van der Waals surface area contributed by atoms with E-state index in [1.165, 1.54) is 7.11 Å². The van der Waals surface area contributed by atoms with Crippen molar-refractivity contribution in [3.63, 3.8) is 0 Å². The first-order chi connectivity index (χ1) is 10.4. The van der Waals surface area contributed by atoms with Crippen LogP contribution in [-0.4, -0.2) is 34.4 Å². The van der Waals surface area contributed by atoms with Gasteiger partial charge in [-0.3, -0.25) is 10.1 Å². The first-order valence-corrected chi connectivity index (χ1v) is 7.24. The highest BCUT2D eigenvalue weighted by molar-refractivity contribution is 5.91. The summed E-state index contributed by atoms with van der Waals surface area (Å²) in [4.78, 5) is 16.2. The van der Waals surface area contributed by atoms with Gasteiger partial charge in [0.15, 0.2) is 0 Å². The molecule has 1 aromatic heterocycles. The zero-order valence-corrected chi connectivity index (χ0v) is 12.0. The summed E-state index contributed by atoms with van der Waals surface area (Å²) in [6.45, 7) is 0. The van der Waals surface area contributed by atoms with Crippen molar-refractivity contribution in [2.75, 3.05) is 12.4 Å². The van der Waals surface area contributed by atoms with E-state index in [0.717, 1.165) is 0 Å². The van der Waals surface area contributed by atoms with Crippen LogP contribution in [0.25, 0.3) is 0 Å². The summed E-state index contributed by atoms with van der Waals surface area (Å²) >= 11 is 0. The van der Waals surface area contributed by atoms with Crippen LogP contribution in [0.15, 0.2) is 0 Å². The third-order valence-electron chi connectivity index (χ3n) is 4.79. The summed E-state index contributed by atoms with van der Waals surface area (Å²) in [5.74, 6) is -3.93. The molecule has 6 nitrogen and oxygen atoms in total. The van der Waals surface area contributed by atoms with Gasteiger partial charge in [-0.2, -0.15) is 18.2 Å². The van der Waals surface area contributed by atoms with E-state index in [9.17, 15) is 18.0 Å². The van der Waals surface area contributed by atoms with Crippen molar-refractivity contribution in [1.82, 2.24) is 15.2 Å². The Morgan fingerprint density at radius 2 is 1.91 bits per heavy atom. The van der Waals surface area contributed by atoms with Crippen LogP contribution in [0.5, 0.6) is 6.01 Å². The van der Waals surface area contributed by atoms with Crippen LogP contribution in [0.2, 0.25) is 0 Å². The van der Waals surface area contributed by atoms with Crippen molar-refractivity contribution in [2.45, 2.75) is 31.9 Å². The Kier molecular flexibility index (Phi) is 3.73. The molecule has 2 atom stereocenters. The largest absolute Gasteiger partial charge is 0.466 e. The number of nitrogens with zero attached hydrogens (tertiary/aromatic N) is 2. The Morgan fingerprint density at radius 1 is 1.27 bits per heavy atom. The third-order valence-corrected chi connectivity index (χ3v) is 4.79. The minimum absolute atomic E-state index is 0.00391. The second-order valence-electron chi connectivity index (χ2n) is 5.93. The normalized spacial score (nSPS) is 31.1. The molecule has 1 heterocycles. The summed E-state index contributed by atoms with van der Waals surface area (Å²) < 4.78 is 44.9. The first kappa shape index (κ1) is 15.1. The number of aromatic amines is 1. The number of fused-ring (bicyclic) bond motifs is 3. The van der Waals surface area contributed by atoms with E-state index in [4.69, 9.17) is 4.74 Å². The standard InChI is InChI=1S/C13H17F3N4O2/c1-22-12-18-11(19-20-12)17-10(21)8-6-2-4-7(5-3-6)9(8)13(14,15)16/h6-9H,2-5H2,1H3,(H2,17,18,19,20,21)/t6?,7?,8-,9-/m0/s1. The van der Waals surface area contributed by atoms with Gasteiger partial charge in [-0.15, -0.1) is 5.10 Å². The number of ether oxygens (including phenoxy) is 1. The van der Waals surface area contributed by atoms with Crippen molar-refractivity contribution in [1.29, 1.82) is 0 Å². The van der Waals surface area contributed by atoms with Gasteiger partial charge in [0.1, 0.15) is 0 Å². The Hall–Kier alpha value is -1.80. The number of alkyl halides is 3. The van der Waals surface area contributed by atoms with Crippen LogP contribution in [0, 0.1) is 23.7 Å². The van der Waals surface area contributed by atoms with Gasteiger partial charge < -0.3 is 4.74 Å². The number of methoxy groups -OCH3 is 1. The lowest BCUT2D eigenvalue weighted by atomic mass is 9.58. The maximum absolute atomic E-state index is 13.4. The number of anilines is 1. The summed E-state index contributed by atoms with van der Waals surface area (Å²) in [5, 5.41) is 8.48. The smallest absolute Gasteiger partial charge is 0.392 e. The number of nitrogens with one attached hydrogen (secondary N) is 2. The van der Waals surface area contributed by atoms with E-state index in [-0.39, 0.29) is 17.9 Å². The van der Waals surface area contributed by atoms with Gasteiger partial charge in [-0.05, 0) is 37.5 Å². The molecule has 1 aromatic rings. The molecule has 3 saturated carbocycles. The molecule has 2 N–H and O–H groups in total. The molecular weight excluding hydrogens is 301 g/mol. The zero-order chi connectivity index (χ0) is 15.9. The Morgan fingerprint density at radius 3 is 2.45 bits per heavy atom. The van der Waals surface area contributed by atoms with Crippen LogP contribution < -0.4 is 10.1 Å². The average molecular weight is 318 g/mol. The van der Waals surface area contributed by atoms with Crippen LogP contribution in [0.4, 0.5) is 19.1 Å². The molecule has 22 heavy (non-hydrogen) atoms. The molecule has 0 aliphatic heterocycles. The minimum atomic E-state index is -4.36. The first-order valence-electron chi connectivity index (χ1n) is 7.24. The molecule has 3 aliphatic rings. The van der Waals surface area contributed by atoms with Crippen LogP contribution in [0.1, 0.15) is 25.7 Å². The maximum atomic E-state index is 13.4. The van der Waals surface area contributed by atoms with Gasteiger partial charge in [0.25, 0.3) is 0 Å². The van der Waals surface area contributed by atoms with E-state index in [1.54, 1.807) is 0 Å². The second-order valence-corrected chi connectivity index (χ2v) is 5.93. The lowest BCUT2D eigenvalue weighted by Crippen LogP contribution is -2.51. The number of carbonyl (C=O) groups is 1. The van der Waals surface area contributed by atoms with Crippen molar-refractivity contribution >= 4 is 11.9 Å². The van der Waals surface area contributed by atoms with Gasteiger partial charge in [-0.25, -0.2) is 5.10 Å². The molecule has 9 heteroatoms. The molecule has 3 fully saturated rings. The molecule has 0 saturated heterocycles. The fourth-order valence-corrected chi connectivity index (χ4v) is 3.89. The third kappa shape index (κ3) is 2.64. The molecule has 122 valence electrons. The molecule has 0 aromatic carbocycles. The molecule has 0 spiro atoms.